The van der Waals surface area contributed by atoms with Crippen LogP contribution in [0.5, 0.6) is 0 Å². The number of esters is 1. The Hall–Kier alpha value is -0.900. The summed E-state index contributed by atoms with van der Waals surface area (Å²) in [5.74, 6) is 2.17. The van der Waals surface area contributed by atoms with Crippen LogP contribution in [-0.4, -0.2) is 28.6 Å². The van der Waals surface area contributed by atoms with E-state index in [1.165, 1.54) is 26.2 Å². The molecule has 27 heavy (non-hydrogen) atoms. The van der Waals surface area contributed by atoms with Crippen LogP contribution in [0.15, 0.2) is 0 Å². The van der Waals surface area contributed by atoms with E-state index >= 15 is 0 Å². The highest BCUT2D eigenvalue weighted by molar-refractivity contribution is 5.87. The number of hydrogen-bond donors (Lipinski definition) is 1. The van der Waals surface area contributed by atoms with Crippen LogP contribution in [0.4, 0.5) is 0 Å². The van der Waals surface area contributed by atoms with Gasteiger partial charge >= 0.3 is 5.97 Å². The highest BCUT2D eigenvalue weighted by Gasteiger charge is 2.62. The molecule has 0 aromatic rings. The fourth-order valence-electron chi connectivity index (χ4n) is 7.96. The van der Waals surface area contributed by atoms with Gasteiger partial charge in [-0.05, 0) is 99.2 Å². The number of carbonyl (C=O) groups is 2. The molecule has 4 rings (SSSR count). The smallest absolute Gasteiger partial charge is 0.303 e. The molecule has 0 amide bonds. The highest BCUT2D eigenvalue weighted by atomic mass is 16.6. The van der Waals surface area contributed by atoms with Gasteiger partial charge in [0.2, 0.25) is 0 Å². The third-order valence-electron chi connectivity index (χ3n) is 9.64. The summed E-state index contributed by atoms with van der Waals surface area (Å²) < 4.78 is 5.65. The Morgan fingerprint density at radius 1 is 0.889 bits per heavy atom. The van der Waals surface area contributed by atoms with E-state index in [-0.39, 0.29) is 28.7 Å². The van der Waals surface area contributed by atoms with E-state index in [2.05, 4.69) is 13.8 Å². The average Bonchev–Trinajstić information content (AvgIpc) is 2.90. The Kier molecular flexibility index (Phi) is 4.53. The van der Waals surface area contributed by atoms with Crippen LogP contribution >= 0.6 is 0 Å². The van der Waals surface area contributed by atoms with Crippen molar-refractivity contribution in [1.82, 2.24) is 0 Å². The molecule has 4 aliphatic carbocycles. The number of carbonyl (C=O) groups excluding carboxylic acids is 2. The molecule has 4 saturated carbocycles. The molecule has 4 fully saturated rings. The molecule has 0 aromatic carbocycles. The van der Waals surface area contributed by atoms with Gasteiger partial charge in [-0.15, -0.1) is 0 Å². The lowest BCUT2D eigenvalue weighted by atomic mass is 9.44. The van der Waals surface area contributed by atoms with E-state index in [9.17, 15) is 14.7 Å². The van der Waals surface area contributed by atoms with Crippen molar-refractivity contribution in [3.05, 3.63) is 0 Å². The minimum Gasteiger partial charge on any atom is -0.451 e. The zero-order valence-electron chi connectivity index (χ0n) is 17.4. The summed E-state index contributed by atoms with van der Waals surface area (Å²) >= 11 is 0. The maximum absolute atomic E-state index is 12.4. The highest BCUT2D eigenvalue weighted by Crippen LogP contribution is 2.67. The molecule has 0 aliphatic heterocycles. The van der Waals surface area contributed by atoms with Gasteiger partial charge in [0.1, 0.15) is 0 Å². The Bertz CT molecular complexity index is 644. The summed E-state index contributed by atoms with van der Waals surface area (Å²) in [4.78, 5) is 24.1. The van der Waals surface area contributed by atoms with Crippen LogP contribution in [0.2, 0.25) is 0 Å². The summed E-state index contributed by atoms with van der Waals surface area (Å²) in [6, 6.07) is 0. The van der Waals surface area contributed by atoms with Crippen molar-refractivity contribution in [3.63, 3.8) is 0 Å². The normalized spacial score (nSPS) is 51.7. The van der Waals surface area contributed by atoms with Crippen LogP contribution in [0.1, 0.15) is 85.5 Å². The quantitative estimate of drug-likeness (QED) is 0.731. The van der Waals surface area contributed by atoms with Gasteiger partial charge < -0.3 is 9.84 Å². The van der Waals surface area contributed by atoms with Crippen molar-refractivity contribution in [2.45, 2.75) is 97.2 Å². The molecular weight excluding hydrogens is 340 g/mol. The second-order valence-electron chi connectivity index (χ2n) is 10.6. The molecule has 0 aromatic heterocycles. The van der Waals surface area contributed by atoms with E-state index in [4.69, 9.17) is 4.74 Å². The van der Waals surface area contributed by atoms with Crippen molar-refractivity contribution in [3.8, 4) is 0 Å². The number of ether oxygens (including phenoxy) is 1. The molecule has 4 heteroatoms. The molecule has 4 aliphatic rings. The molecule has 152 valence electrons. The van der Waals surface area contributed by atoms with Crippen molar-refractivity contribution < 1.29 is 19.4 Å². The molecule has 0 radical (unpaired) electrons. The van der Waals surface area contributed by atoms with Gasteiger partial charge in [0.15, 0.2) is 11.4 Å². The lowest BCUT2D eigenvalue weighted by Gasteiger charge is -2.61. The van der Waals surface area contributed by atoms with E-state index in [0.29, 0.717) is 36.5 Å². The Labute approximate surface area is 163 Å². The zero-order chi connectivity index (χ0) is 19.6. The predicted molar refractivity (Wildman–Crippen MR) is 103 cm³/mol. The first-order chi connectivity index (χ1) is 12.6. The Morgan fingerprint density at radius 2 is 1.59 bits per heavy atom. The van der Waals surface area contributed by atoms with Gasteiger partial charge in [-0.2, -0.15) is 0 Å². The van der Waals surface area contributed by atoms with Crippen molar-refractivity contribution in [1.29, 1.82) is 0 Å². The van der Waals surface area contributed by atoms with E-state index in [1.54, 1.807) is 6.92 Å². The van der Waals surface area contributed by atoms with E-state index in [1.807, 2.05) is 0 Å². The number of aliphatic hydroxyl groups excluding tert-OH is 1. The van der Waals surface area contributed by atoms with Gasteiger partial charge in [0.05, 0.1) is 6.10 Å². The minimum atomic E-state index is -0.893. The zero-order valence-corrected chi connectivity index (χ0v) is 17.4. The predicted octanol–water partition coefficient (Wildman–Crippen LogP) is 4.28. The first-order valence-electron chi connectivity index (χ1n) is 11.0. The maximum atomic E-state index is 12.4. The summed E-state index contributed by atoms with van der Waals surface area (Å²) in [6.45, 7) is 7.77. The molecule has 0 unspecified atom stereocenters. The van der Waals surface area contributed by atoms with Crippen LogP contribution in [0.3, 0.4) is 0 Å². The second kappa shape index (κ2) is 6.30. The van der Waals surface area contributed by atoms with Gasteiger partial charge in [-0.1, -0.05) is 13.8 Å². The standard InChI is InChI=1S/C23H36O4/c1-14(24)23(27-15(2)25)12-11-21(3)16(13-23)5-6-17-18-7-8-20(26)22(18,4)10-9-19(17)21/h16-20,26H,5-13H2,1-4H3/t16-,17+,18+,19-,20-,21-,22-,23+/m0/s1. The number of ketones is 1. The van der Waals surface area contributed by atoms with Crippen LogP contribution in [0, 0.1) is 34.5 Å². The largest absolute Gasteiger partial charge is 0.451 e. The second-order valence-corrected chi connectivity index (χ2v) is 10.6. The van der Waals surface area contributed by atoms with Crippen molar-refractivity contribution in [2.24, 2.45) is 34.5 Å². The molecule has 8 atom stereocenters. The minimum absolute atomic E-state index is 0.0111. The van der Waals surface area contributed by atoms with E-state index < -0.39 is 5.60 Å². The fourth-order valence-corrected chi connectivity index (χ4v) is 7.96. The Morgan fingerprint density at radius 3 is 2.26 bits per heavy atom. The molecule has 1 N–H and O–H groups in total. The number of rotatable bonds is 2. The van der Waals surface area contributed by atoms with Crippen molar-refractivity contribution in [2.75, 3.05) is 0 Å². The molecule has 0 spiro atoms. The topological polar surface area (TPSA) is 63.6 Å². The Balaban J connectivity index is 1.59. The number of aliphatic hydroxyl groups is 1. The summed E-state index contributed by atoms with van der Waals surface area (Å²) in [7, 11) is 0. The third kappa shape index (κ3) is 2.73. The van der Waals surface area contributed by atoms with Gasteiger partial charge in [0, 0.05) is 6.92 Å². The van der Waals surface area contributed by atoms with Crippen LogP contribution < -0.4 is 0 Å². The van der Waals surface area contributed by atoms with E-state index in [0.717, 1.165) is 25.7 Å². The molecule has 0 bridgehead atoms. The number of hydrogen-bond acceptors (Lipinski definition) is 4. The number of Topliss-reactive ketones (excluding diaryl/α,β-unsaturated/α-hetero) is 1. The molecular formula is C23H36O4. The lowest BCUT2D eigenvalue weighted by Crippen LogP contribution is -2.58. The summed E-state index contributed by atoms with van der Waals surface area (Å²) in [5.41, 5.74) is -0.549. The molecule has 0 saturated heterocycles. The first kappa shape index (κ1) is 19.4. The first-order valence-corrected chi connectivity index (χ1v) is 11.0. The lowest BCUT2D eigenvalue weighted by molar-refractivity contribution is -0.187. The monoisotopic (exact) mass is 376 g/mol. The average molecular weight is 377 g/mol. The molecule has 4 nitrogen and oxygen atoms in total. The van der Waals surface area contributed by atoms with Crippen LogP contribution in [0.25, 0.3) is 0 Å². The fraction of sp³-hybridized carbons (Fsp3) is 0.913. The third-order valence-corrected chi connectivity index (χ3v) is 9.64. The summed E-state index contributed by atoms with van der Waals surface area (Å²) in [5, 5.41) is 10.6. The maximum Gasteiger partial charge on any atom is 0.303 e. The number of fused-ring (bicyclic) bond motifs is 5. The molecule has 0 heterocycles. The van der Waals surface area contributed by atoms with Gasteiger partial charge in [-0.25, -0.2) is 0 Å². The summed E-state index contributed by atoms with van der Waals surface area (Å²) in [6.07, 6.45) is 8.99. The van der Waals surface area contributed by atoms with Gasteiger partial charge in [-0.3, -0.25) is 9.59 Å². The van der Waals surface area contributed by atoms with Crippen LogP contribution in [-0.2, 0) is 14.3 Å². The van der Waals surface area contributed by atoms with Crippen molar-refractivity contribution >= 4 is 11.8 Å². The van der Waals surface area contributed by atoms with Gasteiger partial charge in [0.25, 0.3) is 0 Å². The SMILES string of the molecule is CC(=O)O[C@]1(C(C)=O)CC[C@@]2(C)[C@@H](CC[C@@H]3[C@H]4CC[C@H](O)[C@@]4(C)CC[C@@H]32)C1.